The van der Waals surface area contributed by atoms with Crippen molar-refractivity contribution in [3.8, 4) is 0 Å². The molecule has 96 valence electrons. The molecule has 2 rings (SSSR count). The first kappa shape index (κ1) is 12.9. The topological polar surface area (TPSA) is 64.1 Å². The molecule has 0 fully saturated rings. The first-order valence-corrected chi connectivity index (χ1v) is 5.79. The minimum Gasteiger partial charge on any atom is -0.287 e. The fourth-order valence-corrected chi connectivity index (χ4v) is 1.69. The van der Waals surface area contributed by atoms with E-state index in [9.17, 15) is 14.9 Å². The van der Waals surface area contributed by atoms with Crippen LogP contribution in [0.1, 0.15) is 15.9 Å². The molecule has 0 saturated carbocycles. The van der Waals surface area contributed by atoms with E-state index >= 15 is 0 Å². The smallest absolute Gasteiger partial charge is 0.270 e. The predicted molar refractivity (Wildman–Crippen MR) is 68.8 cm³/mol. The normalized spacial score (nSPS) is 10.2. The van der Waals surface area contributed by atoms with Crippen LogP contribution < -0.4 is 4.57 Å². The number of benzene rings is 1. The monoisotopic (exact) mass is 257 g/mol. The Bertz CT molecular complexity index is 621. The van der Waals surface area contributed by atoms with Crippen molar-refractivity contribution in [1.82, 2.24) is 0 Å². The number of pyridine rings is 1. The van der Waals surface area contributed by atoms with Crippen LogP contribution >= 0.6 is 0 Å². The van der Waals surface area contributed by atoms with Gasteiger partial charge in [-0.1, -0.05) is 12.1 Å². The summed E-state index contributed by atoms with van der Waals surface area (Å²) in [5, 5.41) is 10.7. The van der Waals surface area contributed by atoms with E-state index in [2.05, 4.69) is 0 Å². The maximum Gasteiger partial charge on any atom is 0.270 e. The summed E-state index contributed by atoms with van der Waals surface area (Å²) in [6.45, 7) is 2.13. The van der Waals surface area contributed by atoms with Crippen molar-refractivity contribution in [2.45, 2.75) is 13.5 Å². The van der Waals surface area contributed by atoms with Crippen LogP contribution in [0.3, 0.4) is 0 Å². The molecule has 0 amide bonds. The molecule has 1 heterocycles. The van der Waals surface area contributed by atoms with E-state index in [-0.39, 0.29) is 18.0 Å². The lowest BCUT2D eigenvalue weighted by atomic mass is 10.1. The lowest BCUT2D eigenvalue weighted by Crippen LogP contribution is -2.37. The number of nitro benzene ring substituents is 1. The summed E-state index contributed by atoms with van der Waals surface area (Å²) in [5.41, 5.74) is 1.39. The third-order valence-electron chi connectivity index (χ3n) is 2.76. The number of Topliss-reactive ketones (excluding diaryl/α,β-unsaturated/α-hetero) is 1. The van der Waals surface area contributed by atoms with E-state index in [0.29, 0.717) is 5.56 Å². The van der Waals surface area contributed by atoms with E-state index in [1.54, 1.807) is 10.6 Å². The second-order valence-corrected chi connectivity index (χ2v) is 4.28. The van der Waals surface area contributed by atoms with E-state index in [1.807, 2.05) is 31.5 Å². The number of hydrogen-bond donors (Lipinski definition) is 0. The number of aryl methyl sites for hydroxylation is 1. The summed E-state index contributed by atoms with van der Waals surface area (Å²) in [4.78, 5) is 22.2. The molecule has 0 spiro atoms. The van der Waals surface area contributed by atoms with Crippen molar-refractivity contribution in [1.29, 1.82) is 0 Å². The zero-order chi connectivity index (χ0) is 13.8. The molecule has 0 radical (unpaired) electrons. The van der Waals surface area contributed by atoms with Gasteiger partial charge in [0, 0.05) is 29.8 Å². The fraction of sp³-hybridized carbons (Fsp3) is 0.143. The summed E-state index contributed by atoms with van der Waals surface area (Å²) in [6.07, 6.45) is 3.62. The van der Waals surface area contributed by atoms with E-state index in [4.69, 9.17) is 0 Å². The van der Waals surface area contributed by atoms with Crippen LogP contribution in [0.2, 0.25) is 0 Å². The maximum atomic E-state index is 12.0. The number of carbonyl (C=O) groups excluding carboxylic acids is 1. The number of nitrogens with zero attached hydrogens (tertiary/aromatic N) is 2. The van der Waals surface area contributed by atoms with Gasteiger partial charge in [-0.3, -0.25) is 14.9 Å². The summed E-state index contributed by atoms with van der Waals surface area (Å²) < 4.78 is 1.74. The van der Waals surface area contributed by atoms with Crippen molar-refractivity contribution < 1.29 is 14.3 Å². The number of hydrogen-bond acceptors (Lipinski definition) is 3. The van der Waals surface area contributed by atoms with Crippen LogP contribution in [0.15, 0.2) is 48.8 Å². The second-order valence-electron chi connectivity index (χ2n) is 4.28. The van der Waals surface area contributed by atoms with Gasteiger partial charge >= 0.3 is 0 Å². The highest BCUT2D eigenvalue weighted by Crippen LogP contribution is 2.13. The molecule has 0 atom stereocenters. The number of nitro groups is 1. The van der Waals surface area contributed by atoms with Gasteiger partial charge < -0.3 is 0 Å². The molecule has 0 aliphatic heterocycles. The zero-order valence-electron chi connectivity index (χ0n) is 10.4. The van der Waals surface area contributed by atoms with Crippen LogP contribution in [0, 0.1) is 17.0 Å². The van der Waals surface area contributed by atoms with Crippen LogP contribution in [0.4, 0.5) is 5.69 Å². The molecular formula is C14H13N2O3+. The van der Waals surface area contributed by atoms with Crippen molar-refractivity contribution >= 4 is 11.5 Å². The van der Waals surface area contributed by atoms with Gasteiger partial charge in [0.25, 0.3) is 5.69 Å². The Morgan fingerprint density at radius 1 is 1.26 bits per heavy atom. The van der Waals surface area contributed by atoms with Gasteiger partial charge in [0.2, 0.25) is 12.3 Å². The first-order chi connectivity index (χ1) is 9.06. The lowest BCUT2D eigenvalue weighted by molar-refractivity contribution is -0.683. The minimum absolute atomic E-state index is 0.0697. The number of carbonyl (C=O) groups is 1. The van der Waals surface area contributed by atoms with Crippen LogP contribution in [0.5, 0.6) is 0 Å². The van der Waals surface area contributed by atoms with Gasteiger partial charge in [-0.05, 0) is 12.5 Å². The molecule has 5 nitrogen and oxygen atoms in total. The largest absolute Gasteiger partial charge is 0.287 e. The molecular weight excluding hydrogens is 244 g/mol. The van der Waals surface area contributed by atoms with Gasteiger partial charge in [-0.15, -0.1) is 0 Å². The Morgan fingerprint density at radius 3 is 2.58 bits per heavy atom. The summed E-state index contributed by atoms with van der Waals surface area (Å²) in [7, 11) is 0. The van der Waals surface area contributed by atoms with Crippen molar-refractivity contribution in [2.75, 3.05) is 0 Å². The SMILES string of the molecule is Cc1cc[n+](CC(=O)c2cccc([N+](=O)[O-])c2)cc1. The van der Waals surface area contributed by atoms with Gasteiger partial charge in [0.1, 0.15) is 0 Å². The third kappa shape index (κ3) is 3.22. The molecule has 0 aliphatic rings. The second kappa shape index (κ2) is 5.39. The molecule has 0 bridgehead atoms. The number of non-ortho nitro benzene ring substituents is 1. The standard InChI is InChI=1S/C14H13N2O3/c1-11-5-7-15(8-6-11)10-14(17)12-3-2-4-13(9-12)16(18)19/h2-9H,10H2,1H3/q+1. The van der Waals surface area contributed by atoms with Crippen LogP contribution in [0.25, 0.3) is 0 Å². The minimum atomic E-state index is -0.504. The molecule has 1 aromatic carbocycles. The van der Waals surface area contributed by atoms with E-state index in [1.165, 1.54) is 18.2 Å². The van der Waals surface area contributed by atoms with Crippen LogP contribution in [-0.4, -0.2) is 10.7 Å². The van der Waals surface area contributed by atoms with Crippen molar-refractivity contribution in [3.63, 3.8) is 0 Å². The molecule has 0 aliphatic carbocycles. The van der Waals surface area contributed by atoms with Gasteiger partial charge in [0.15, 0.2) is 12.4 Å². The van der Waals surface area contributed by atoms with Gasteiger partial charge in [-0.2, -0.15) is 4.57 Å². The summed E-state index contributed by atoms with van der Waals surface area (Å²) in [5.74, 6) is -0.155. The number of ketones is 1. The maximum absolute atomic E-state index is 12.0. The molecule has 0 unspecified atom stereocenters. The Hall–Kier alpha value is -2.56. The predicted octanol–water partition coefficient (Wildman–Crippen LogP) is 2.07. The Labute approximate surface area is 110 Å². The molecule has 0 saturated heterocycles. The molecule has 2 aromatic rings. The molecule has 19 heavy (non-hydrogen) atoms. The molecule has 1 aromatic heterocycles. The highest BCUT2D eigenvalue weighted by Gasteiger charge is 2.15. The summed E-state index contributed by atoms with van der Waals surface area (Å²) in [6, 6.07) is 9.59. The fourth-order valence-electron chi connectivity index (χ4n) is 1.69. The van der Waals surface area contributed by atoms with Crippen molar-refractivity contribution in [3.05, 3.63) is 70.0 Å². The third-order valence-corrected chi connectivity index (χ3v) is 2.76. The Kier molecular flexibility index (Phi) is 3.66. The molecule has 5 heteroatoms. The van der Waals surface area contributed by atoms with Crippen molar-refractivity contribution in [2.24, 2.45) is 0 Å². The Balaban J connectivity index is 2.18. The zero-order valence-corrected chi connectivity index (χ0v) is 10.4. The average molecular weight is 257 g/mol. The first-order valence-electron chi connectivity index (χ1n) is 5.79. The Morgan fingerprint density at radius 2 is 1.95 bits per heavy atom. The highest BCUT2D eigenvalue weighted by atomic mass is 16.6. The van der Waals surface area contributed by atoms with Gasteiger partial charge in [-0.25, -0.2) is 0 Å². The highest BCUT2D eigenvalue weighted by molar-refractivity contribution is 5.95. The number of aromatic nitrogens is 1. The van der Waals surface area contributed by atoms with Gasteiger partial charge in [0.05, 0.1) is 4.92 Å². The quantitative estimate of drug-likeness (QED) is 0.364. The molecule has 0 N–H and O–H groups in total. The average Bonchev–Trinajstić information content (AvgIpc) is 2.41. The van der Waals surface area contributed by atoms with Crippen LogP contribution in [-0.2, 0) is 6.54 Å². The van der Waals surface area contributed by atoms with E-state index in [0.717, 1.165) is 5.56 Å². The summed E-state index contributed by atoms with van der Waals surface area (Å²) >= 11 is 0. The van der Waals surface area contributed by atoms with E-state index < -0.39 is 4.92 Å². The number of rotatable bonds is 4. The lowest BCUT2D eigenvalue weighted by Gasteiger charge is -1.99.